The van der Waals surface area contributed by atoms with E-state index in [-0.39, 0.29) is 11.5 Å². The SMILES string of the molecule is COc1cc(C)c2[nH]ccc2c1CN1CCC2(CC(=O)C2)CC1c1ccc(C(=O)O)cc1. The number of aromatic amines is 1. The molecule has 0 bridgehead atoms. The smallest absolute Gasteiger partial charge is 0.335 e. The molecule has 0 amide bonds. The molecule has 32 heavy (non-hydrogen) atoms. The standard InChI is InChI=1S/C26H28N2O4/c1-16-11-23(32-2)21(20-7-9-27-24(16)20)15-28-10-8-26(12-19(29)13-26)14-22(28)17-3-5-18(6-4-17)25(30)31/h3-7,9,11,22,27H,8,10,12-15H2,1-2H3,(H,30,31). The fraction of sp³-hybridized carbons (Fsp3) is 0.385. The molecule has 2 N–H and O–H groups in total. The minimum absolute atomic E-state index is 0.0878. The summed E-state index contributed by atoms with van der Waals surface area (Å²) in [6.07, 6.45) is 5.22. The summed E-state index contributed by atoms with van der Waals surface area (Å²) in [6, 6.07) is 11.5. The van der Waals surface area contributed by atoms with Gasteiger partial charge >= 0.3 is 5.97 Å². The first kappa shape index (κ1) is 20.8. The molecule has 1 aromatic heterocycles. The summed E-state index contributed by atoms with van der Waals surface area (Å²) in [5.74, 6) is 0.318. The van der Waals surface area contributed by atoms with Gasteiger partial charge in [-0.15, -0.1) is 0 Å². The molecule has 166 valence electrons. The number of methoxy groups -OCH3 is 1. The highest BCUT2D eigenvalue weighted by Crippen LogP contribution is 2.53. The lowest BCUT2D eigenvalue weighted by Crippen LogP contribution is -2.48. The molecular formula is C26H28N2O4. The van der Waals surface area contributed by atoms with Crippen LogP contribution in [0.3, 0.4) is 0 Å². The number of carboxylic acids is 1. The number of carbonyl (C=O) groups is 2. The Morgan fingerprint density at radius 1 is 1.25 bits per heavy atom. The number of benzene rings is 2. The van der Waals surface area contributed by atoms with Crippen LogP contribution >= 0.6 is 0 Å². The van der Waals surface area contributed by atoms with E-state index < -0.39 is 5.97 Å². The van der Waals surface area contributed by atoms with Gasteiger partial charge in [0.15, 0.2) is 0 Å². The second kappa shape index (κ2) is 7.78. The Kier molecular flexibility index (Phi) is 5.05. The van der Waals surface area contributed by atoms with Crippen molar-refractivity contribution < 1.29 is 19.4 Å². The van der Waals surface area contributed by atoms with Crippen molar-refractivity contribution >= 4 is 22.7 Å². The molecule has 2 aromatic carbocycles. The molecule has 1 spiro atoms. The van der Waals surface area contributed by atoms with E-state index in [1.165, 1.54) is 5.39 Å². The first-order chi connectivity index (χ1) is 15.4. The largest absolute Gasteiger partial charge is 0.496 e. The first-order valence-electron chi connectivity index (χ1n) is 11.1. The Bertz CT molecular complexity index is 1190. The van der Waals surface area contributed by atoms with Crippen molar-refractivity contribution in [3.8, 4) is 5.75 Å². The fourth-order valence-corrected chi connectivity index (χ4v) is 5.63. The number of fused-ring (bicyclic) bond motifs is 1. The molecule has 2 fully saturated rings. The Morgan fingerprint density at radius 3 is 2.66 bits per heavy atom. The monoisotopic (exact) mass is 432 g/mol. The van der Waals surface area contributed by atoms with Crippen LogP contribution in [0, 0.1) is 12.3 Å². The van der Waals surface area contributed by atoms with Crippen molar-refractivity contribution in [1.29, 1.82) is 0 Å². The van der Waals surface area contributed by atoms with Crippen LogP contribution in [0.2, 0.25) is 0 Å². The van der Waals surface area contributed by atoms with Gasteiger partial charge in [-0.25, -0.2) is 4.79 Å². The summed E-state index contributed by atoms with van der Waals surface area (Å²) in [7, 11) is 1.71. The molecule has 0 radical (unpaired) electrons. The van der Waals surface area contributed by atoms with Crippen LogP contribution < -0.4 is 4.74 Å². The molecule has 6 heteroatoms. The topological polar surface area (TPSA) is 82.6 Å². The molecule has 6 nitrogen and oxygen atoms in total. The van der Waals surface area contributed by atoms with Gasteiger partial charge in [0, 0.05) is 48.1 Å². The highest BCUT2D eigenvalue weighted by atomic mass is 16.5. The molecule has 2 aliphatic rings. The Hall–Kier alpha value is -3.12. The molecule has 5 rings (SSSR count). The molecular weight excluding hydrogens is 404 g/mol. The van der Waals surface area contributed by atoms with Gasteiger partial charge in [0.2, 0.25) is 0 Å². The van der Waals surface area contributed by atoms with E-state index in [2.05, 4.69) is 28.9 Å². The zero-order chi connectivity index (χ0) is 22.5. The molecule has 1 atom stereocenters. The molecule has 2 heterocycles. The van der Waals surface area contributed by atoms with Gasteiger partial charge in [-0.1, -0.05) is 12.1 Å². The number of hydrogen-bond acceptors (Lipinski definition) is 4. The van der Waals surface area contributed by atoms with Crippen molar-refractivity contribution in [3.05, 3.63) is 64.8 Å². The lowest BCUT2D eigenvalue weighted by Gasteiger charge is -2.51. The average molecular weight is 433 g/mol. The average Bonchev–Trinajstić information content (AvgIpc) is 3.26. The number of nitrogens with one attached hydrogen (secondary N) is 1. The number of carboxylic acid groups (broad SMARTS) is 1. The van der Waals surface area contributed by atoms with E-state index in [1.807, 2.05) is 18.3 Å². The maximum atomic E-state index is 11.8. The number of carbonyl (C=O) groups excluding carboxylic acids is 1. The van der Waals surface area contributed by atoms with Crippen molar-refractivity contribution in [1.82, 2.24) is 9.88 Å². The third-order valence-corrected chi connectivity index (χ3v) is 7.38. The van der Waals surface area contributed by atoms with Crippen LogP contribution in [0.4, 0.5) is 0 Å². The van der Waals surface area contributed by atoms with E-state index in [4.69, 9.17) is 4.74 Å². The summed E-state index contributed by atoms with van der Waals surface area (Å²) in [5, 5.41) is 10.5. The Morgan fingerprint density at radius 2 is 2.00 bits per heavy atom. The number of ether oxygens (including phenoxy) is 1. The number of hydrogen-bond donors (Lipinski definition) is 2. The molecule has 1 unspecified atom stereocenters. The van der Waals surface area contributed by atoms with E-state index in [0.29, 0.717) is 24.2 Å². The summed E-state index contributed by atoms with van der Waals surface area (Å²) >= 11 is 0. The summed E-state index contributed by atoms with van der Waals surface area (Å²) in [5.41, 5.74) is 4.91. The number of piperidine rings is 1. The fourth-order valence-electron chi connectivity index (χ4n) is 5.63. The minimum atomic E-state index is -0.919. The number of rotatable bonds is 5. The Labute approximate surface area is 187 Å². The molecule has 3 aromatic rings. The zero-order valence-corrected chi connectivity index (χ0v) is 18.5. The number of likely N-dealkylation sites (tertiary alicyclic amines) is 1. The van der Waals surface area contributed by atoms with Gasteiger partial charge in [0.05, 0.1) is 12.7 Å². The molecule has 1 saturated heterocycles. The number of aryl methyl sites for hydroxylation is 1. The van der Waals surface area contributed by atoms with Crippen LogP contribution in [0.5, 0.6) is 5.75 Å². The van der Waals surface area contributed by atoms with Gasteiger partial charge < -0.3 is 14.8 Å². The normalized spacial score (nSPS) is 20.4. The van der Waals surface area contributed by atoms with E-state index in [0.717, 1.165) is 53.9 Å². The number of aromatic nitrogens is 1. The third kappa shape index (κ3) is 3.48. The maximum absolute atomic E-state index is 11.8. The number of ketones is 1. The highest BCUT2D eigenvalue weighted by molar-refractivity contribution is 5.88. The van der Waals surface area contributed by atoms with Gasteiger partial charge in [-0.2, -0.15) is 0 Å². The molecule has 1 aliphatic heterocycles. The maximum Gasteiger partial charge on any atom is 0.335 e. The molecule has 1 saturated carbocycles. The minimum Gasteiger partial charge on any atom is -0.496 e. The second-order valence-electron chi connectivity index (χ2n) is 9.40. The first-order valence-corrected chi connectivity index (χ1v) is 11.1. The van der Waals surface area contributed by atoms with E-state index >= 15 is 0 Å². The predicted octanol–water partition coefficient (Wildman–Crippen LogP) is 4.87. The van der Waals surface area contributed by atoms with Gasteiger partial charge in [0.25, 0.3) is 0 Å². The highest BCUT2D eigenvalue weighted by Gasteiger charge is 2.48. The van der Waals surface area contributed by atoms with Gasteiger partial charge in [-0.3, -0.25) is 9.69 Å². The Balaban J connectivity index is 1.51. The number of Topliss-reactive ketones (excluding diaryl/α,β-unsaturated/α-hetero) is 1. The van der Waals surface area contributed by atoms with Crippen LogP contribution in [-0.2, 0) is 11.3 Å². The van der Waals surface area contributed by atoms with Crippen molar-refractivity contribution in [3.63, 3.8) is 0 Å². The second-order valence-corrected chi connectivity index (χ2v) is 9.40. The summed E-state index contributed by atoms with van der Waals surface area (Å²) < 4.78 is 5.77. The quantitative estimate of drug-likeness (QED) is 0.601. The predicted molar refractivity (Wildman–Crippen MR) is 122 cm³/mol. The molecule has 1 aliphatic carbocycles. The van der Waals surface area contributed by atoms with Crippen LogP contribution in [-0.4, -0.2) is 40.4 Å². The lowest BCUT2D eigenvalue weighted by molar-refractivity contribution is -0.137. The van der Waals surface area contributed by atoms with E-state index in [9.17, 15) is 14.7 Å². The van der Waals surface area contributed by atoms with Crippen LogP contribution in [0.1, 0.15) is 58.8 Å². The number of nitrogens with zero attached hydrogens (tertiary/aromatic N) is 1. The van der Waals surface area contributed by atoms with Crippen LogP contribution in [0.15, 0.2) is 42.6 Å². The van der Waals surface area contributed by atoms with E-state index in [1.54, 1.807) is 19.2 Å². The van der Waals surface area contributed by atoms with Crippen molar-refractivity contribution in [2.24, 2.45) is 5.41 Å². The zero-order valence-electron chi connectivity index (χ0n) is 18.5. The van der Waals surface area contributed by atoms with Gasteiger partial charge in [-0.05, 0) is 67.1 Å². The third-order valence-electron chi connectivity index (χ3n) is 7.38. The number of H-pyrrole nitrogens is 1. The van der Waals surface area contributed by atoms with Gasteiger partial charge in [0.1, 0.15) is 11.5 Å². The lowest BCUT2D eigenvalue weighted by atomic mass is 9.60. The van der Waals surface area contributed by atoms with Crippen LogP contribution in [0.25, 0.3) is 10.9 Å². The summed E-state index contributed by atoms with van der Waals surface area (Å²) in [4.78, 5) is 29.0. The van der Waals surface area contributed by atoms with Crippen molar-refractivity contribution in [2.45, 2.75) is 45.2 Å². The van der Waals surface area contributed by atoms with Crippen molar-refractivity contribution in [2.75, 3.05) is 13.7 Å². The summed E-state index contributed by atoms with van der Waals surface area (Å²) in [6.45, 7) is 3.70. The number of aromatic carboxylic acids is 1.